The smallest absolute Gasteiger partial charge is 0.245 e. The number of aromatic nitrogens is 2. The van der Waals surface area contributed by atoms with Crippen molar-refractivity contribution in [1.29, 1.82) is 0 Å². The van der Waals surface area contributed by atoms with E-state index in [1.54, 1.807) is 119 Å². The Morgan fingerprint density at radius 2 is 0.964 bits per heavy atom. The number of thioether (sulfide) groups is 1. The van der Waals surface area contributed by atoms with Crippen LogP contribution in [-0.2, 0) is 86.4 Å². The summed E-state index contributed by atoms with van der Waals surface area (Å²) in [5.41, 5.74) is 31.6. The Hall–Kier alpha value is -11.1. The number of benzene rings is 3. The number of aliphatic hydroxyl groups excluding tert-OH is 1. The number of unbranched alkanes of at least 4 members (excludes halogenated alkanes) is 2. The number of nitrogens with two attached hydrogens (primary N) is 5. The highest BCUT2D eigenvalue weighted by Crippen LogP contribution is 2.23. The van der Waals surface area contributed by atoms with Gasteiger partial charge in [-0.25, -0.2) is 0 Å². The Bertz CT molecular complexity index is 4040. The van der Waals surface area contributed by atoms with Gasteiger partial charge in [-0.15, -0.1) is 11.8 Å². The van der Waals surface area contributed by atoms with Crippen LogP contribution in [0.1, 0.15) is 116 Å². The number of amides is 14. The predicted octanol–water partition coefficient (Wildman–Crippen LogP) is -2.70. The number of rotatable bonds is 24. The van der Waals surface area contributed by atoms with Gasteiger partial charge >= 0.3 is 0 Å². The fourth-order valence-electron chi connectivity index (χ4n) is 12.2. The summed E-state index contributed by atoms with van der Waals surface area (Å²) < 4.78 is 0. The molecule has 3 aromatic carbocycles. The van der Waals surface area contributed by atoms with Crippen LogP contribution in [0.15, 0.2) is 96.2 Å². The van der Waals surface area contributed by atoms with E-state index in [4.69, 9.17) is 28.7 Å². The molecule has 0 spiro atoms. The number of aromatic amines is 2. The van der Waals surface area contributed by atoms with Crippen LogP contribution in [0.5, 0.6) is 0 Å². The van der Waals surface area contributed by atoms with Gasteiger partial charge in [0.1, 0.15) is 66.5 Å². The zero-order valence-corrected chi connectivity index (χ0v) is 63.3. The normalized spacial score (nSPS) is 23.3. The lowest BCUT2D eigenvalue weighted by Crippen LogP contribution is -2.61. The minimum Gasteiger partial charge on any atom is -0.394 e. The summed E-state index contributed by atoms with van der Waals surface area (Å²) in [4.78, 5) is 210. The maximum atomic E-state index is 15.1. The Kier molecular flexibility index (Phi) is 35.4. The van der Waals surface area contributed by atoms with E-state index in [1.165, 1.54) is 0 Å². The number of primary amides is 2. The second-order valence-corrected chi connectivity index (χ2v) is 28.5. The number of fused-ring (bicyclic) bond motifs is 2. The van der Waals surface area contributed by atoms with Gasteiger partial charge in [0.05, 0.1) is 25.3 Å². The minimum atomic E-state index is -1.85. The number of hydrogen-bond donors (Lipinski definition) is 20. The zero-order valence-electron chi connectivity index (χ0n) is 62.5. The average molecular weight is 1550 g/mol. The molecule has 2 aromatic heterocycles. The molecule has 35 nitrogen and oxygen atoms in total. The Labute approximate surface area is 641 Å². The van der Waals surface area contributed by atoms with Crippen molar-refractivity contribution in [1.82, 2.24) is 73.8 Å². The number of guanidine groups is 1. The summed E-state index contributed by atoms with van der Waals surface area (Å²) in [6.07, 6.45) is 3.38. The van der Waals surface area contributed by atoms with E-state index in [2.05, 4.69) is 78.8 Å². The maximum Gasteiger partial charge on any atom is 0.245 e. The van der Waals surface area contributed by atoms with E-state index < -0.39 is 186 Å². The molecule has 12 atom stereocenters. The minimum absolute atomic E-state index is 0.0128. The lowest BCUT2D eigenvalue weighted by Gasteiger charge is -2.29. The number of aliphatic imine (C=N–C) groups is 1. The molecule has 1 aliphatic heterocycles. The van der Waals surface area contributed by atoms with Gasteiger partial charge in [-0.05, 0) is 85.7 Å². The van der Waals surface area contributed by atoms with Crippen molar-refractivity contribution in [2.45, 2.75) is 185 Å². The fourth-order valence-corrected chi connectivity index (χ4v) is 13.1. The lowest BCUT2D eigenvalue weighted by atomic mass is 9.96. The van der Waals surface area contributed by atoms with Crippen molar-refractivity contribution in [2.24, 2.45) is 45.5 Å². The first kappa shape index (κ1) is 87.8. The highest BCUT2D eigenvalue weighted by atomic mass is 32.2. The van der Waals surface area contributed by atoms with E-state index in [1.807, 2.05) is 6.92 Å². The van der Waals surface area contributed by atoms with Crippen LogP contribution in [0.3, 0.4) is 0 Å². The summed E-state index contributed by atoms with van der Waals surface area (Å²) in [7, 11) is 0. The van der Waals surface area contributed by atoms with Gasteiger partial charge in [0, 0.05) is 65.8 Å². The summed E-state index contributed by atoms with van der Waals surface area (Å²) in [5.74, 6) is -15.6. The van der Waals surface area contributed by atoms with Crippen molar-refractivity contribution in [3.8, 4) is 0 Å². The standard InChI is InChI=1S/C74H106N20O15S/c1-6-8-23-50-66(102)86-51(26-16-17-28-75)67(103)88-54(32-44-35-82-48-25-15-13-22-46(44)48)71(107)93-61(40(3)4)72(108)92-57(63(77)99)38-110-39-60(98)85-52(30-42-19-10-9-11-20-42)70(106)94-62(41(5)7-2)73(109)91-56(37-95)64(100)83-36-59(97)84-49(27-18-29-80-74(78)79)65(101)90-55(33-58(76)96)69(105)89-53(68(104)87-50)31-43-34-81-47-24-14-12-21-45(43)47/h9-15,19-22,24-25,34-35,40-41,49-57,61-62,81-82,95H,6-8,16-18,23,26-33,36-39,75H2,1-5H3,(H2,76,96)(H2,77,99)(H,83,100)(H,84,97)(H,85,98)(H,86,102)(H,87,104)(H,88,103)(H,89,105)(H,90,101)(H,91,109)(H,92,108)(H,93,107)(H,94,106)(H4,78,79,80)/t41-,49-,50-,51+,52-,53-,54-,55-,56-,57-,61-,62-/m0/s1. The van der Waals surface area contributed by atoms with Crippen LogP contribution in [0.4, 0.5) is 0 Å². The first-order valence-electron chi connectivity index (χ1n) is 36.8. The lowest BCUT2D eigenvalue weighted by molar-refractivity contribution is -0.136. The van der Waals surface area contributed by atoms with Crippen molar-refractivity contribution in [3.63, 3.8) is 0 Å². The van der Waals surface area contributed by atoms with E-state index >= 15 is 9.59 Å². The first-order valence-corrected chi connectivity index (χ1v) is 38.0. The zero-order chi connectivity index (χ0) is 80.6. The third-order valence-electron chi connectivity index (χ3n) is 18.5. The average Bonchev–Trinajstić information content (AvgIpc) is 1.64. The van der Waals surface area contributed by atoms with E-state index in [0.29, 0.717) is 57.8 Å². The molecule has 36 heteroatoms. The van der Waals surface area contributed by atoms with Gasteiger partial charge in [0.15, 0.2) is 5.96 Å². The first-order chi connectivity index (χ1) is 52.5. The van der Waals surface area contributed by atoms with E-state index in [0.717, 1.165) is 11.8 Å². The third-order valence-corrected chi connectivity index (χ3v) is 19.6. The van der Waals surface area contributed by atoms with Gasteiger partial charge in [-0.2, -0.15) is 0 Å². The molecule has 25 N–H and O–H groups in total. The topological polar surface area (TPSA) is 578 Å². The SMILES string of the molecule is CCCC[C@@H]1NC(=O)[C@H](Cc2c[nH]c3ccccc23)NC(=O)[C@H](CC(N)=O)NC(=O)[C@H](CCCN=C(N)N)NC(=O)CNC(=O)[C@H](CO)NC(=O)[C@H]([C@@H](C)CC)NC(=O)[C@H](Cc2ccccc2)NC(=O)CSC[C@@H](C(N)=O)NC(=O)[C@H](C(C)C)NC(=O)[C@H](Cc2c[nH]c3ccccc23)NC(=O)[C@@H](CCCCN)NC1=O. The Morgan fingerprint density at radius 1 is 0.500 bits per heavy atom. The number of nitrogens with zero attached hydrogens (tertiary/aromatic N) is 1. The number of carbonyl (C=O) groups is 14. The molecule has 0 radical (unpaired) electrons. The molecule has 0 saturated carbocycles. The molecular weight excluding hydrogens is 1440 g/mol. The van der Waals surface area contributed by atoms with Crippen molar-refractivity contribution in [3.05, 3.63) is 108 Å². The molecule has 5 aromatic rings. The summed E-state index contributed by atoms with van der Waals surface area (Å²) in [6, 6.07) is 6.11. The summed E-state index contributed by atoms with van der Waals surface area (Å²) >= 11 is 0.867. The van der Waals surface area contributed by atoms with Crippen LogP contribution in [0.2, 0.25) is 0 Å². The highest BCUT2D eigenvalue weighted by Gasteiger charge is 2.38. The molecule has 14 amide bonds. The Morgan fingerprint density at radius 3 is 1.49 bits per heavy atom. The Balaban J connectivity index is 1.41. The third kappa shape index (κ3) is 27.5. The van der Waals surface area contributed by atoms with Gasteiger partial charge in [0.2, 0.25) is 82.7 Å². The summed E-state index contributed by atoms with van der Waals surface area (Å²) in [5, 5.41) is 43.2. The number of hydrogen-bond acceptors (Lipinski definition) is 18. The van der Waals surface area contributed by atoms with E-state index in [-0.39, 0.29) is 82.6 Å². The predicted molar refractivity (Wildman–Crippen MR) is 412 cm³/mol. The van der Waals surface area contributed by atoms with E-state index in [9.17, 15) is 62.6 Å². The second-order valence-electron chi connectivity index (χ2n) is 27.5. The van der Waals surface area contributed by atoms with Crippen LogP contribution >= 0.6 is 11.8 Å². The molecule has 1 fully saturated rings. The quantitative estimate of drug-likeness (QED) is 0.0170. The molecule has 1 aliphatic rings. The number of para-hydroxylation sites is 2. The van der Waals surface area contributed by atoms with Gasteiger partial charge < -0.3 is 108 Å². The number of H-pyrrole nitrogens is 2. The van der Waals surface area contributed by atoms with Gasteiger partial charge in [-0.1, -0.05) is 121 Å². The molecule has 0 bridgehead atoms. The van der Waals surface area contributed by atoms with Crippen molar-refractivity contribution >= 4 is 122 Å². The van der Waals surface area contributed by atoms with Crippen molar-refractivity contribution in [2.75, 3.05) is 37.7 Å². The largest absolute Gasteiger partial charge is 0.394 e. The molecule has 3 heterocycles. The van der Waals surface area contributed by atoms with Crippen LogP contribution in [0, 0.1) is 11.8 Å². The summed E-state index contributed by atoms with van der Waals surface area (Å²) in [6.45, 7) is 6.65. The van der Waals surface area contributed by atoms with Crippen LogP contribution < -0.4 is 92.5 Å². The molecule has 0 unspecified atom stereocenters. The molecule has 110 heavy (non-hydrogen) atoms. The molecular formula is C74H106N20O15S. The maximum absolute atomic E-state index is 15.1. The van der Waals surface area contributed by atoms with Crippen LogP contribution in [0.25, 0.3) is 21.8 Å². The number of nitrogens with one attached hydrogen (secondary N) is 14. The molecule has 598 valence electrons. The van der Waals surface area contributed by atoms with Gasteiger partial charge in [-0.3, -0.25) is 72.1 Å². The monoisotopic (exact) mass is 1550 g/mol. The molecule has 6 rings (SSSR count). The molecule has 1 saturated heterocycles. The fraction of sp³-hybridized carbons (Fsp3) is 0.500. The number of carbonyl (C=O) groups excluding carboxylic acids is 14. The van der Waals surface area contributed by atoms with Crippen molar-refractivity contribution < 1.29 is 72.2 Å². The highest BCUT2D eigenvalue weighted by molar-refractivity contribution is 8.00. The molecule has 0 aliphatic carbocycles. The second kappa shape index (κ2) is 44.4. The van der Waals surface area contributed by atoms with Crippen LogP contribution in [-0.4, -0.2) is 208 Å². The van der Waals surface area contributed by atoms with Gasteiger partial charge in [0.25, 0.3) is 0 Å². The number of aliphatic hydroxyl groups is 1.